The summed E-state index contributed by atoms with van der Waals surface area (Å²) in [6.45, 7) is 8.22. The highest BCUT2D eigenvalue weighted by Gasteiger charge is 2.21. The van der Waals surface area contributed by atoms with E-state index in [2.05, 4.69) is 10.0 Å². The highest BCUT2D eigenvalue weighted by Crippen LogP contribution is 2.22. The summed E-state index contributed by atoms with van der Waals surface area (Å²) in [6.07, 6.45) is 1.21. The number of sulfonamides is 1. The molecular formula is C15H28ClN3O3S2. The maximum Gasteiger partial charge on any atom is 0.250 e. The summed E-state index contributed by atoms with van der Waals surface area (Å²) in [7, 11) is -3.47. The van der Waals surface area contributed by atoms with Gasteiger partial charge in [-0.15, -0.1) is 23.7 Å². The van der Waals surface area contributed by atoms with Crippen LogP contribution in [0.1, 0.15) is 39.0 Å². The van der Waals surface area contributed by atoms with Crippen molar-refractivity contribution in [1.82, 2.24) is 10.0 Å². The summed E-state index contributed by atoms with van der Waals surface area (Å²) in [5, 5.41) is 2.85. The van der Waals surface area contributed by atoms with Crippen molar-refractivity contribution in [1.29, 1.82) is 0 Å². The zero-order chi connectivity index (χ0) is 17.7. The zero-order valence-corrected chi connectivity index (χ0v) is 17.0. The summed E-state index contributed by atoms with van der Waals surface area (Å²) < 4.78 is 27.1. The second kappa shape index (κ2) is 9.72. The molecule has 0 radical (unpaired) electrons. The van der Waals surface area contributed by atoms with Gasteiger partial charge in [0.05, 0.1) is 0 Å². The molecule has 0 aliphatic carbocycles. The number of carbonyl (C=O) groups excluding carboxylic acids is 1. The van der Waals surface area contributed by atoms with E-state index in [0.717, 1.165) is 4.88 Å². The molecule has 0 aliphatic heterocycles. The van der Waals surface area contributed by atoms with Crippen molar-refractivity contribution in [3.63, 3.8) is 0 Å². The van der Waals surface area contributed by atoms with Gasteiger partial charge in [-0.1, -0.05) is 20.8 Å². The molecule has 0 aliphatic rings. The van der Waals surface area contributed by atoms with Crippen molar-refractivity contribution in [3.8, 4) is 0 Å². The molecule has 0 saturated heterocycles. The monoisotopic (exact) mass is 397 g/mol. The maximum atomic E-state index is 12.1. The molecule has 1 rings (SSSR count). The van der Waals surface area contributed by atoms with E-state index in [0.29, 0.717) is 30.1 Å². The van der Waals surface area contributed by atoms with E-state index >= 15 is 0 Å². The lowest BCUT2D eigenvalue weighted by molar-refractivity contribution is -0.128. The second-order valence-corrected chi connectivity index (χ2v) is 9.80. The third-order valence-corrected chi connectivity index (χ3v) is 6.23. The topological polar surface area (TPSA) is 101 Å². The smallest absolute Gasteiger partial charge is 0.250 e. The first kappa shape index (κ1) is 23.3. The predicted molar refractivity (Wildman–Crippen MR) is 101 cm³/mol. The Kier molecular flexibility index (Phi) is 9.45. The standard InChI is InChI=1S/C15H27N3O3S2.ClH/c1-11(16)7-10-18-23(20,21)13-6-5-12(22-13)8-9-17-14(19)15(2,3)4;/h5-6,11,18H,7-10,16H2,1-4H3,(H,17,19);1H. The van der Waals surface area contributed by atoms with E-state index in [9.17, 15) is 13.2 Å². The van der Waals surface area contributed by atoms with Crippen molar-refractivity contribution in [2.24, 2.45) is 11.1 Å². The molecule has 0 bridgehead atoms. The number of thiophene rings is 1. The molecule has 1 unspecified atom stereocenters. The fourth-order valence-electron chi connectivity index (χ4n) is 1.69. The average Bonchev–Trinajstić information content (AvgIpc) is 2.86. The van der Waals surface area contributed by atoms with Crippen molar-refractivity contribution in [3.05, 3.63) is 17.0 Å². The molecule has 9 heteroatoms. The number of halogens is 1. The summed E-state index contributed by atoms with van der Waals surface area (Å²) >= 11 is 1.22. The van der Waals surface area contributed by atoms with Crippen LogP contribution in [0.5, 0.6) is 0 Å². The van der Waals surface area contributed by atoms with Crippen molar-refractivity contribution >= 4 is 39.7 Å². The molecule has 4 N–H and O–H groups in total. The molecule has 0 saturated carbocycles. The lowest BCUT2D eigenvalue weighted by Crippen LogP contribution is -2.35. The molecule has 0 spiro atoms. The normalized spacial score (nSPS) is 13.2. The largest absolute Gasteiger partial charge is 0.355 e. The van der Waals surface area contributed by atoms with Gasteiger partial charge in [-0.05, 0) is 31.9 Å². The first-order chi connectivity index (χ1) is 10.5. The van der Waals surface area contributed by atoms with Crippen molar-refractivity contribution in [2.45, 2.75) is 50.8 Å². The van der Waals surface area contributed by atoms with Crippen LogP contribution in [0, 0.1) is 5.41 Å². The SMILES string of the molecule is CC(N)CCNS(=O)(=O)c1ccc(CCNC(=O)C(C)(C)C)s1.Cl. The molecule has 0 fully saturated rings. The highest BCUT2D eigenvalue weighted by atomic mass is 35.5. The Hall–Kier alpha value is -0.670. The Bertz CT molecular complexity index is 622. The van der Waals surface area contributed by atoms with Crippen molar-refractivity contribution < 1.29 is 13.2 Å². The van der Waals surface area contributed by atoms with Crippen LogP contribution >= 0.6 is 23.7 Å². The van der Waals surface area contributed by atoms with Crippen LogP contribution in [-0.4, -0.2) is 33.5 Å². The van der Waals surface area contributed by atoms with Gasteiger partial charge >= 0.3 is 0 Å². The van der Waals surface area contributed by atoms with Gasteiger partial charge in [0.1, 0.15) is 4.21 Å². The quantitative estimate of drug-likeness (QED) is 0.623. The van der Waals surface area contributed by atoms with Gasteiger partial charge in [0.15, 0.2) is 0 Å². The Morgan fingerprint density at radius 2 is 1.92 bits per heavy atom. The minimum Gasteiger partial charge on any atom is -0.355 e. The molecule has 24 heavy (non-hydrogen) atoms. The Labute approximate surface area is 155 Å². The third kappa shape index (κ3) is 7.94. The van der Waals surface area contributed by atoms with Gasteiger partial charge in [-0.25, -0.2) is 13.1 Å². The summed E-state index contributed by atoms with van der Waals surface area (Å²) in [5.41, 5.74) is 5.18. The van der Waals surface area contributed by atoms with E-state index in [1.807, 2.05) is 27.7 Å². The minimum absolute atomic E-state index is 0. The average molecular weight is 398 g/mol. The number of carbonyl (C=O) groups is 1. The van der Waals surface area contributed by atoms with Gasteiger partial charge in [-0.3, -0.25) is 4.79 Å². The van der Waals surface area contributed by atoms with E-state index in [1.54, 1.807) is 12.1 Å². The Morgan fingerprint density at radius 1 is 1.29 bits per heavy atom. The molecule has 1 amide bonds. The number of nitrogens with one attached hydrogen (secondary N) is 2. The van der Waals surface area contributed by atoms with Crippen LogP contribution in [0.25, 0.3) is 0 Å². The van der Waals surface area contributed by atoms with Crippen LogP contribution in [0.3, 0.4) is 0 Å². The lowest BCUT2D eigenvalue weighted by Gasteiger charge is -2.17. The summed E-state index contributed by atoms with van der Waals surface area (Å²) in [6, 6.07) is 3.34. The number of rotatable bonds is 8. The first-order valence-corrected chi connectivity index (χ1v) is 9.94. The van der Waals surface area contributed by atoms with Crippen LogP contribution in [-0.2, 0) is 21.2 Å². The van der Waals surface area contributed by atoms with Crippen LogP contribution < -0.4 is 15.8 Å². The van der Waals surface area contributed by atoms with Gasteiger partial charge in [0, 0.05) is 29.4 Å². The predicted octanol–water partition coefficient (Wildman–Crippen LogP) is 1.89. The van der Waals surface area contributed by atoms with Gasteiger partial charge < -0.3 is 11.1 Å². The minimum atomic E-state index is -3.47. The van der Waals surface area contributed by atoms with Crippen LogP contribution in [0.15, 0.2) is 16.3 Å². The number of hydrogen-bond acceptors (Lipinski definition) is 5. The Morgan fingerprint density at radius 3 is 2.46 bits per heavy atom. The summed E-state index contributed by atoms with van der Waals surface area (Å²) in [4.78, 5) is 12.7. The van der Waals surface area contributed by atoms with Gasteiger partial charge in [-0.2, -0.15) is 0 Å². The molecule has 1 atom stereocenters. The fourth-order valence-corrected chi connectivity index (χ4v) is 4.14. The van der Waals surface area contributed by atoms with E-state index in [1.165, 1.54) is 11.3 Å². The van der Waals surface area contributed by atoms with Gasteiger partial charge in [0.25, 0.3) is 0 Å². The molecular weight excluding hydrogens is 370 g/mol. The van der Waals surface area contributed by atoms with Gasteiger partial charge in [0.2, 0.25) is 15.9 Å². The van der Waals surface area contributed by atoms with E-state index < -0.39 is 15.4 Å². The zero-order valence-electron chi connectivity index (χ0n) is 14.6. The number of nitrogens with two attached hydrogens (primary N) is 1. The van der Waals surface area contributed by atoms with Crippen molar-refractivity contribution in [2.75, 3.05) is 13.1 Å². The molecule has 1 aromatic heterocycles. The Balaban J connectivity index is 0.00000529. The van der Waals surface area contributed by atoms with E-state index in [4.69, 9.17) is 5.73 Å². The fraction of sp³-hybridized carbons (Fsp3) is 0.667. The van der Waals surface area contributed by atoms with Crippen LogP contribution in [0.4, 0.5) is 0 Å². The lowest BCUT2D eigenvalue weighted by atomic mass is 9.96. The molecule has 6 nitrogen and oxygen atoms in total. The maximum absolute atomic E-state index is 12.1. The molecule has 140 valence electrons. The molecule has 0 aromatic carbocycles. The third-order valence-electron chi connectivity index (χ3n) is 3.13. The number of hydrogen-bond donors (Lipinski definition) is 3. The molecule has 1 aromatic rings. The summed E-state index contributed by atoms with van der Waals surface area (Å²) in [5.74, 6) is -0.0144. The second-order valence-electron chi connectivity index (χ2n) is 6.64. The van der Waals surface area contributed by atoms with E-state index in [-0.39, 0.29) is 24.4 Å². The number of amides is 1. The molecule has 1 heterocycles. The highest BCUT2D eigenvalue weighted by molar-refractivity contribution is 7.91. The van der Waals surface area contributed by atoms with Crippen LogP contribution in [0.2, 0.25) is 0 Å². The first-order valence-electron chi connectivity index (χ1n) is 7.64.